The number of halogens is 4. The lowest BCUT2D eigenvalue weighted by Crippen LogP contribution is -2.42. The molecule has 1 saturated heterocycles. The lowest BCUT2D eigenvalue weighted by molar-refractivity contribution is -0.674. The van der Waals surface area contributed by atoms with Crippen molar-refractivity contribution in [3.8, 4) is 0 Å². The zero-order chi connectivity index (χ0) is 32.8. The molecule has 1 aliphatic rings. The van der Waals surface area contributed by atoms with Crippen LogP contribution in [0.3, 0.4) is 0 Å². The lowest BCUT2D eigenvalue weighted by atomic mass is 10.2. The summed E-state index contributed by atoms with van der Waals surface area (Å²) in [6.45, 7) is 16.3. The van der Waals surface area contributed by atoms with Gasteiger partial charge in [0.2, 0.25) is 0 Å². The fourth-order valence-corrected chi connectivity index (χ4v) is 7.25. The van der Waals surface area contributed by atoms with Gasteiger partial charge < -0.3 is 9.80 Å². The van der Waals surface area contributed by atoms with Gasteiger partial charge in [-0.25, -0.2) is 18.3 Å². The summed E-state index contributed by atoms with van der Waals surface area (Å²) in [5.41, 5.74) is 4.54. The Balaban J connectivity index is 1.34. The third kappa shape index (κ3) is 7.51. The quantitative estimate of drug-likeness (QED) is 0.0965. The predicted molar refractivity (Wildman–Crippen MR) is 196 cm³/mol. The summed E-state index contributed by atoms with van der Waals surface area (Å²) in [4.78, 5) is 4.85. The van der Waals surface area contributed by atoms with Gasteiger partial charge in [0.15, 0.2) is 22.1 Å². The Hall–Kier alpha value is -2.38. The van der Waals surface area contributed by atoms with Crippen LogP contribution in [0.4, 0.5) is 0 Å². The predicted octanol–water partition coefficient (Wildman–Crippen LogP) is 9.46. The molecule has 10 heteroatoms. The van der Waals surface area contributed by atoms with Crippen molar-refractivity contribution in [1.29, 1.82) is 0 Å². The van der Waals surface area contributed by atoms with E-state index in [0.717, 1.165) is 87.3 Å². The zero-order valence-electron chi connectivity index (χ0n) is 27.7. The van der Waals surface area contributed by atoms with E-state index < -0.39 is 0 Å². The van der Waals surface area contributed by atoms with Gasteiger partial charge in [-0.2, -0.15) is 0 Å². The second kappa shape index (κ2) is 16.1. The minimum absolute atomic E-state index is 0.597. The van der Waals surface area contributed by atoms with Gasteiger partial charge in [-0.3, -0.25) is 0 Å². The molecule has 6 nitrogen and oxygen atoms in total. The second-order valence-electron chi connectivity index (χ2n) is 12.1. The molecule has 0 N–H and O–H groups in total. The first-order chi connectivity index (χ1) is 22.3. The molecule has 1 aliphatic heterocycles. The van der Waals surface area contributed by atoms with E-state index in [1.807, 2.05) is 24.3 Å². The lowest BCUT2D eigenvalue weighted by Gasteiger charge is -2.33. The van der Waals surface area contributed by atoms with Gasteiger partial charge in [0.1, 0.15) is 0 Å². The molecule has 0 bridgehead atoms. The fourth-order valence-electron chi connectivity index (χ4n) is 6.62. The van der Waals surface area contributed by atoms with E-state index in [0.29, 0.717) is 20.1 Å². The average Bonchev–Trinajstić information content (AvgIpc) is 3.49. The number of unbranched alkanes of at least 4 members (excludes halogenated alkanes) is 4. The van der Waals surface area contributed by atoms with E-state index in [1.165, 1.54) is 37.3 Å². The summed E-state index contributed by atoms with van der Waals surface area (Å²) in [6, 6.07) is 8.06. The molecular weight excluding hydrogens is 658 g/mol. The van der Waals surface area contributed by atoms with E-state index in [2.05, 4.69) is 80.3 Å². The molecule has 248 valence electrons. The summed E-state index contributed by atoms with van der Waals surface area (Å²) < 4.78 is 9.52. The average molecular weight is 707 g/mol. The van der Waals surface area contributed by atoms with Gasteiger partial charge in [0.05, 0.1) is 46.3 Å². The van der Waals surface area contributed by atoms with Crippen LogP contribution >= 0.6 is 46.4 Å². The number of benzene rings is 2. The van der Waals surface area contributed by atoms with Crippen LogP contribution in [0.1, 0.15) is 77.9 Å². The van der Waals surface area contributed by atoms with Crippen LogP contribution in [-0.2, 0) is 26.2 Å². The Morgan fingerprint density at radius 1 is 0.565 bits per heavy atom. The van der Waals surface area contributed by atoms with Gasteiger partial charge in [-0.15, -0.1) is 0 Å². The molecule has 0 aliphatic carbocycles. The Kier molecular flexibility index (Phi) is 12.3. The van der Waals surface area contributed by atoms with Gasteiger partial charge in [0, 0.05) is 75.0 Å². The molecule has 0 amide bonds. The van der Waals surface area contributed by atoms with Crippen molar-refractivity contribution in [2.45, 2.75) is 92.4 Å². The van der Waals surface area contributed by atoms with Gasteiger partial charge in [-0.05, 0) is 39.5 Å². The number of aromatic nitrogens is 4. The number of fused-ring (bicyclic) bond motifs is 2. The summed E-state index contributed by atoms with van der Waals surface area (Å²) in [7, 11) is 0. The van der Waals surface area contributed by atoms with Crippen molar-refractivity contribution in [3.05, 3.63) is 68.4 Å². The highest BCUT2D eigenvalue weighted by molar-refractivity contribution is 6.43. The number of imidazole rings is 2. The number of hydrogen-bond donors (Lipinski definition) is 0. The Morgan fingerprint density at radius 2 is 0.935 bits per heavy atom. The molecular formula is C36H48Cl4N6+2. The standard InChI is InChI=1S/C36H48Cl4N6/c1-5-9-11-15-45-33-25-29(39)27(37)23-31(33)43(7-3)35(45)13-17-41-19-21-42(22-20-41)18-14-36-44(8-4)32-24-28(38)30(40)26-34(32)46(36)16-12-10-6-2/h13-14,17-18,23-26H,5-12,15-16,19-22H2,1-4H3/q+2. The topological polar surface area (TPSA) is 24.1 Å². The van der Waals surface area contributed by atoms with Gasteiger partial charge in [0.25, 0.3) is 11.6 Å². The first kappa shape index (κ1) is 34.9. The number of piperazine rings is 1. The summed E-state index contributed by atoms with van der Waals surface area (Å²) in [5, 5.41) is 2.40. The van der Waals surface area contributed by atoms with Crippen LogP contribution in [0.25, 0.3) is 34.2 Å². The Bertz CT molecular complexity index is 1590. The minimum Gasteiger partial charge on any atom is -0.374 e. The fraction of sp³-hybridized carbons (Fsp3) is 0.500. The van der Waals surface area contributed by atoms with Crippen LogP contribution in [0.2, 0.25) is 20.1 Å². The SMILES string of the molecule is CCCCC[n+]1c(C=CN2CCN(C=Cc3n(CC)c4cc(Cl)c(Cl)cc4[n+]3CCCCC)CC2)n(CC)c2cc(Cl)c(Cl)cc21. The normalized spacial score (nSPS) is 14.3. The first-order valence-corrected chi connectivity index (χ1v) is 18.5. The second-order valence-corrected chi connectivity index (χ2v) is 13.8. The summed E-state index contributed by atoms with van der Waals surface area (Å²) in [6.07, 6.45) is 16.1. The molecule has 5 rings (SSSR count). The molecule has 0 radical (unpaired) electrons. The van der Waals surface area contributed by atoms with Crippen molar-refractivity contribution in [2.75, 3.05) is 26.2 Å². The number of aryl methyl sites for hydroxylation is 4. The Morgan fingerprint density at radius 3 is 1.28 bits per heavy atom. The molecule has 2 aromatic heterocycles. The third-order valence-corrected chi connectivity index (χ3v) is 10.6. The van der Waals surface area contributed by atoms with Crippen LogP contribution in [0, 0.1) is 0 Å². The van der Waals surface area contributed by atoms with Crippen LogP contribution < -0.4 is 9.13 Å². The van der Waals surface area contributed by atoms with Crippen LogP contribution in [-0.4, -0.2) is 45.1 Å². The molecule has 1 fully saturated rings. The first-order valence-electron chi connectivity index (χ1n) is 17.0. The van der Waals surface area contributed by atoms with Gasteiger partial charge >= 0.3 is 0 Å². The van der Waals surface area contributed by atoms with Crippen molar-refractivity contribution < 1.29 is 9.13 Å². The van der Waals surface area contributed by atoms with Gasteiger partial charge in [-0.1, -0.05) is 73.1 Å². The van der Waals surface area contributed by atoms with E-state index in [-0.39, 0.29) is 0 Å². The maximum atomic E-state index is 6.49. The van der Waals surface area contributed by atoms with E-state index in [1.54, 1.807) is 0 Å². The van der Waals surface area contributed by atoms with E-state index in [4.69, 9.17) is 46.4 Å². The maximum Gasteiger partial charge on any atom is 0.283 e. The molecule has 0 saturated carbocycles. The minimum atomic E-state index is 0.597. The highest BCUT2D eigenvalue weighted by Gasteiger charge is 2.26. The van der Waals surface area contributed by atoms with Crippen molar-refractivity contribution in [2.24, 2.45) is 0 Å². The summed E-state index contributed by atoms with van der Waals surface area (Å²) in [5.74, 6) is 2.38. The zero-order valence-corrected chi connectivity index (χ0v) is 30.7. The smallest absolute Gasteiger partial charge is 0.283 e. The molecule has 2 aromatic carbocycles. The monoisotopic (exact) mass is 704 g/mol. The number of hydrogen-bond acceptors (Lipinski definition) is 2. The molecule has 0 unspecified atom stereocenters. The molecule has 4 aromatic rings. The number of rotatable bonds is 14. The summed E-state index contributed by atoms with van der Waals surface area (Å²) >= 11 is 25.9. The molecule has 0 atom stereocenters. The molecule has 46 heavy (non-hydrogen) atoms. The Labute approximate surface area is 294 Å². The number of nitrogens with zero attached hydrogens (tertiary/aromatic N) is 6. The van der Waals surface area contributed by atoms with Crippen LogP contribution in [0.15, 0.2) is 36.7 Å². The van der Waals surface area contributed by atoms with Crippen molar-refractivity contribution in [3.63, 3.8) is 0 Å². The molecule has 3 heterocycles. The largest absolute Gasteiger partial charge is 0.374 e. The highest BCUT2D eigenvalue weighted by Crippen LogP contribution is 2.30. The van der Waals surface area contributed by atoms with E-state index >= 15 is 0 Å². The van der Waals surface area contributed by atoms with Crippen LogP contribution in [0.5, 0.6) is 0 Å². The van der Waals surface area contributed by atoms with Crippen molar-refractivity contribution >= 4 is 80.6 Å². The third-order valence-electron chi connectivity index (χ3n) is 9.13. The molecule has 0 spiro atoms. The van der Waals surface area contributed by atoms with E-state index in [9.17, 15) is 0 Å². The highest BCUT2D eigenvalue weighted by atomic mass is 35.5. The van der Waals surface area contributed by atoms with Crippen molar-refractivity contribution in [1.82, 2.24) is 18.9 Å². The maximum absolute atomic E-state index is 6.49.